The van der Waals surface area contributed by atoms with Crippen LogP contribution in [0.25, 0.3) is 22.2 Å². The Kier molecular flexibility index (Phi) is 1.55. The number of benzene rings is 1. The van der Waals surface area contributed by atoms with Crippen molar-refractivity contribution in [1.82, 2.24) is 15.0 Å². The summed E-state index contributed by atoms with van der Waals surface area (Å²) in [5.41, 5.74) is 2.97. The van der Waals surface area contributed by atoms with E-state index >= 15 is 0 Å². The third-order valence-corrected chi connectivity index (χ3v) is 2.70. The second kappa shape index (κ2) is 3.04. The van der Waals surface area contributed by atoms with Crippen LogP contribution in [0.2, 0.25) is 0 Å². The number of hydrogen-bond acceptors (Lipinski definition) is 5. The third kappa shape index (κ3) is 1.22. The minimum atomic E-state index is 0.253. The van der Waals surface area contributed by atoms with Gasteiger partial charge in [0, 0.05) is 18.3 Å². The summed E-state index contributed by atoms with van der Waals surface area (Å²) in [5, 5.41) is 0. The van der Waals surface area contributed by atoms with Gasteiger partial charge in [0.25, 0.3) is 0 Å². The Morgan fingerprint density at radius 2 is 1.71 bits per heavy atom. The van der Waals surface area contributed by atoms with Gasteiger partial charge in [-0.25, -0.2) is 15.0 Å². The molecule has 82 valence electrons. The maximum absolute atomic E-state index is 5.31. The van der Waals surface area contributed by atoms with Gasteiger partial charge in [-0.3, -0.25) is 0 Å². The molecule has 3 heterocycles. The molecule has 0 fully saturated rings. The molecule has 0 N–H and O–H groups in total. The number of fused-ring (bicyclic) bond motifs is 3. The number of aromatic nitrogens is 3. The number of hydrogen-bond donors (Lipinski definition) is 0. The fourth-order valence-electron chi connectivity index (χ4n) is 1.91. The molecule has 0 unspecified atom stereocenters. The van der Waals surface area contributed by atoms with Crippen LogP contribution in [-0.4, -0.2) is 21.7 Å². The molecule has 0 saturated heterocycles. The Morgan fingerprint density at radius 1 is 0.941 bits per heavy atom. The van der Waals surface area contributed by atoms with Gasteiger partial charge in [0.1, 0.15) is 5.52 Å². The normalized spacial score (nSPS) is 13.4. The molecule has 0 bridgehead atoms. The smallest absolute Gasteiger partial charge is 0.231 e. The van der Waals surface area contributed by atoms with Crippen LogP contribution in [0.3, 0.4) is 0 Å². The van der Waals surface area contributed by atoms with E-state index in [2.05, 4.69) is 15.0 Å². The van der Waals surface area contributed by atoms with Crippen LogP contribution in [0, 0.1) is 0 Å². The summed E-state index contributed by atoms with van der Waals surface area (Å²) in [7, 11) is 0. The van der Waals surface area contributed by atoms with Crippen molar-refractivity contribution in [2.24, 2.45) is 0 Å². The van der Waals surface area contributed by atoms with E-state index in [0.29, 0.717) is 11.4 Å². The predicted molar refractivity (Wildman–Crippen MR) is 61.0 cm³/mol. The summed E-state index contributed by atoms with van der Waals surface area (Å²) in [6, 6.07) is 7.41. The van der Waals surface area contributed by atoms with E-state index in [1.165, 1.54) is 0 Å². The van der Waals surface area contributed by atoms with Crippen LogP contribution in [0.15, 0.2) is 30.5 Å². The van der Waals surface area contributed by atoms with E-state index in [9.17, 15) is 0 Å². The second-order valence-corrected chi connectivity index (χ2v) is 3.76. The summed E-state index contributed by atoms with van der Waals surface area (Å²) >= 11 is 0. The zero-order valence-corrected chi connectivity index (χ0v) is 8.75. The summed E-state index contributed by atoms with van der Waals surface area (Å²) in [6.45, 7) is 0.253. The van der Waals surface area contributed by atoms with Gasteiger partial charge >= 0.3 is 0 Å². The molecule has 5 heteroatoms. The lowest BCUT2D eigenvalue weighted by Crippen LogP contribution is -1.92. The Hall–Kier alpha value is -2.43. The summed E-state index contributed by atoms with van der Waals surface area (Å²) in [5.74, 6) is 1.43. The fourth-order valence-corrected chi connectivity index (χ4v) is 1.91. The molecule has 0 amide bonds. The van der Waals surface area contributed by atoms with E-state index < -0.39 is 0 Å². The van der Waals surface area contributed by atoms with Gasteiger partial charge in [-0.05, 0) is 12.1 Å². The van der Waals surface area contributed by atoms with Gasteiger partial charge < -0.3 is 9.47 Å². The van der Waals surface area contributed by atoms with Gasteiger partial charge in [0.2, 0.25) is 6.79 Å². The molecule has 1 aliphatic heterocycles. The van der Waals surface area contributed by atoms with Gasteiger partial charge in [-0.15, -0.1) is 0 Å². The molecule has 1 aliphatic rings. The predicted octanol–water partition coefficient (Wildman–Crippen LogP) is 1.91. The zero-order valence-electron chi connectivity index (χ0n) is 8.75. The largest absolute Gasteiger partial charge is 0.454 e. The molecule has 0 atom stereocenters. The van der Waals surface area contributed by atoms with Crippen molar-refractivity contribution in [3.05, 3.63) is 30.5 Å². The molecule has 0 spiro atoms. The topological polar surface area (TPSA) is 57.1 Å². The molecule has 3 aromatic rings. The molecule has 0 aliphatic carbocycles. The highest BCUT2D eigenvalue weighted by Crippen LogP contribution is 2.35. The molecule has 1 aromatic carbocycles. The van der Waals surface area contributed by atoms with Gasteiger partial charge in [0.15, 0.2) is 17.1 Å². The van der Waals surface area contributed by atoms with Gasteiger partial charge in [0.05, 0.1) is 11.0 Å². The Bertz CT molecular complexity index is 680. The average molecular weight is 225 g/mol. The van der Waals surface area contributed by atoms with Crippen molar-refractivity contribution in [3.8, 4) is 11.5 Å². The van der Waals surface area contributed by atoms with Crippen LogP contribution < -0.4 is 9.47 Å². The molecule has 2 aromatic heterocycles. The molecule has 0 saturated carbocycles. The first-order valence-electron chi connectivity index (χ1n) is 5.22. The maximum atomic E-state index is 5.31. The number of nitrogens with zero attached hydrogens (tertiary/aromatic N) is 3. The van der Waals surface area contributed by atoms with Crippen LogP contribution in [0.5, 0.6) is 11.5 Å². The Labute approximate surface area is 96.0 Å². The first-order valence-corrected chi connectivity index (χ1v) is 5.22. The molecule has 5 nitrogen and oxygen atoms in total. The van der Waals surface area contributed by atoms with Crippen molar-refractivity contribution < 1.29 is 9.47 Å². The van der Waals surface area contributed by atoms with E-state index in [4.69, 9.17) is 9.47 Å². The number of rotatable bonds is 0. The Balaban J connectivity index is 2.12. The number of ether oxygens (including phenoxy) is 2. The molecule has 4 rings (SSSR count). The van der Waals surface area contributed by atoms with Crippen molar-refractivity contribution >= 4 is 22.2 Å². The van der Waals surface area contributed by atoms with Crippen molar-refractivity contribution in [3.63, 3.8) is 0 Å². The van der Waals surface area contributed by atoms with E-state index in [-0.39, 0.29) is 6.79 Å². The Morgan fingerprint density at radius 3 is 2.53 bits per heavy atom. The lowest BCUT2D eigenvalue weighted by molar-refractivity contribution is 0.174. The van der Waals surface area contributed by atoms with Crippen molar-refractivity contribution in [2.45, 2.75) is 0 Å². The summed E-state index contributed by atoms with van der Waals surface area (Å²) in [6.07, 6.45) is 1.70. The first-order chi connectivity index (χ1) is 8.40. The fraction of sp³-hybridized carbons (Fsp3) is 0.0833. The minimum absolute atomic E-state index is 0.253. The van der Waals surface area contributed by atoms with Crippen molar-refractivity contribution in [1.29, 1.82) is 0 Å². The second-order valence-electron chi connectivity index (χ2n) is 3.76. The van der Waals surface area contributed by atoms with Crippen LogP contribution in [0.1, 0.15) is 0 Å². The van der Waals surface area contributed by atoms with E-state index in [0.717, 1.165) is 22.3 Å². The highest BCUT2D eigenvalue weighted by atomic mass is 16.7. The third-order valence-electron chi connectivity index (χ3n) is 2.70. The van der Waals surface area contributed by atoms with E-state index in [1.54, 1.807) is 6.20 Å². The molecule has 17 heavy (non-hydrogen) atoms. The zero-order chi connectivity index (χ0) is 11.2. The monoisotopic (exact) mass is 225 g/mol. The van der Waals surface area contributed by atoms with Gasteiger partial charge in [-0.1, -0.05) is 0 Å². The van der Waals surface area contributed by atoms with Gasteiger partial charge in [-0.2, -0.15) is 0 Å². The molecule has 0 radical (unpaired) electrons. The summed E-state index contributed by atoms with van der Waals surface area (Å²) in [4.78, 5) is 13.1. The number of pyridine rings is 1. The van der Waals surface area contributed by atoms with Crippen molar-refractivity contribution in [2.75, 3.05) is 6.79 Å². The average Bonchev–Trinajstić information content (AvgIpc) is 2.80. The SMILES string of the molecule is c1cnc2nc3cc4c(cc3nc2c1)OCO4. The maximum Gasteiger partial charge on any atom is 0.231 e. The standard InChI is InChI=1S/C12H7N3O2/c1-2-7-12(13-3-1)15-9-5-11-10(16-6-17-11)4-8(9)14-7/h1-5H,6H2. The lowest BCUT2D eigenvalue weighted by Gasteiger charge is -2.01. The van der Waals surface area contributed by atoms with Crippen LogP contribution in [0.4, 0.5) is 0 Å². The van der Waals surface area contributed by atoms with Crippen LogP contribution in [-0.2, 0) is 0 Å². The highest BCUT2D eigenvalue weighted by Gasteiger charge is 2.15. The highest BCUT2D eigenvalue weighted by molar-refractivity contribution is 5.86. The first kappa shape index (κ1) is 8.69. The molecular formula is C12H7N3O2. The minimum Gasteiger partial charge on any atom is -0.454 e. The molecular weight excluding hydrogens is 218 g/mol. The van der Waals surface area contributed by atoms with Crippen LogP contribution >= 0.6 is 0 Å². The quantitative estimate of drug-likeness (QED) is 0.547. The summed E-state index contributed by atoms with van der Waals surface area (Å²) < 4.78 is 10.6. The van der Waals surface area contributed by atoms with E-state index in [1.807, 2.05) is 24.3 Å². The lowest BCUT2D eigenvalue weighted by atomic mass is 10.2.